The summed E-state index contributed by atoms with van der Waals surface area (Å²) in [5.74, 6) is -0.408. The zero-order valence-electron chi connectivity index (χ0n) is 14.5. The maximum atomic E-state index is 12.3. The van der Waals surface area contributed by atoms with Gasteiger partial charge in [0.2, 0.25) is 5.91 Å². The Bertz CT molecular complexity index is 636. The lowest BCUT2D eigenvalue weighted by Gasteiger charge is -2.35. The fourth-order valence-corrected chi connectivity index (χ4v) is 3.50. The van der Waals surface area contributed by atoms with Gasteiger partial charge in [0.25, 0.3) is 0 Å². The molecule has 6 heteroatoms. The van der Waals surface area contributed by atoms with Crippen LogP contribution in [-0.4, -0.2) is 52.6 Å². The van der Waals surface area contributed by atoms with Gasteiger partial charge in [-0.05, 0) is 44.9 Å². The van der Waals surface area contributed by atoms with E-state index in [0.29, 0.717) is 11.6 Å². The van der Waals surface area contributed by atoms with E-state index < -0.39 is 11.5 Å². The molecule has 0 unspecified atom stereocenters. The minimum Gasteiger partial charge on any atom is -0.444 e. The highest BCUT2D eigenvalue weighted by atomic mass is 16.6. The summed E-state index contributed by atoms with van der Waals surface area (Å²) < 4.78 is 5.49. The Labute approximate surface area is 142 Å². The third-order valence-corrected chi connectivity index (χ3v) is 4.61. The van der Waals surface area contributed by atoms with Crippen LogP contribution in [0.25, 0.3) is 0 Å². The van der Waals surface area contributed by atoms with Crippen molar-refractivity contribution >= 4 is 12.0 Å². The Kier molecular flexibility index (Phi) is 4.25. The first kappa shape index (κ1) is 16.8. The van der Waals surface area contributed by atoms with Crippen molar-refractivity contribution < 1.29 is 14.3 Å². The second-order valence-electron chi connectivity index (χ2n) is 7.67. The summed E-state index contributed by atoms with van der Waals surface area (Å²) in [6, 6.07) is 8.01. The molecule has 2 atom stereocenters. The van der Waals surface area contributed by atoms with Gasteiger partial charge >= 0.3 is 6.09 Å². The fraction of sp³-hybridized carbons (Fsp3) is 0.556. The number of fused-ring (bicyclic) bond motifs is 2. The number of piperazine rings is 1. The lowest BCUT2D eigenvalue weighted by Crippen LogP contribution is -2.49. The molecule has 0 radical (unpaired) electrons. The molecule has 2 amide bonds. The molecule has 3 rings (SSSR count). The SMILES string of the molecule is CC(C)(C)OC(=O)N1C[C@@H]2C[C@H]1CN2Cc1ccc(C(N)=O)cc1. The lowest BCUT2D eigenvalue weighted by molar-refractivity contribution is 0.0124. The number of ether oxygens (including phenoxy) is 1. The van der Waals surface area contributed by atoms with E-state index >= 15 is 0 Å². The van der Waals surface area contributed by atoms with E-state index in [1.807, 2.05) is 37.8 Å². The Hall–Kier alpha value is -2.08. The molecule has 2 heterocycles. The summed E-state index contributed by atoms with van der Waals surface area (Å²) in [5, 5.41) is 0. The molecule has 2 aliphatic rings. The molecule has 1 aromatic rings. The molecular formula is C18H25N3O3. The molecule has 0 spiro atoms. The van der Waals surface area contributed by atoms with Crippen molar-refractivity contribution in [3.8, 4) is 0 Å². The van der Waals surface area contributed by atoms with Crippen molar-refractivity contribution in [3.63, 3.8) is 0 Å². The molecule has 6 nitrogen and oxygen atoms in total. The number of nitrogens with zero attached hydrogens (tertiary/aromatic N) is 2. The number of amides is 2. The lowest BCUT2D eigenvalue weighted by atomic mass is 10.1. The second kappa shape index (κ2) is 6.09. The van der Waals surface area contributed by atoms with Gasteiger partial charge in [-0.15, -0.1) is 0 Å². The van der Waals surface area contributed by atoms with Crippen LogP contribution in [0.15, 0.2) is 24.3 Å². The van der Waals surface area contributed by atoms with Crippen molar-refractivity contribution in [2.75, 3.05) is 13.1 Å². The number of carbonyl (C=O) groups excluding carboxylic acids is 2. The van der Waals surface area contributed by atoms with Crippen LogP contribution in [0.4, 0.5) is 4.79 Å². The minimum absolute atomic E-state index is 0.208. The summed E-state index contributed by atoms with van der Waals surface area (Å²) in [6.45, 7) is 8.08. The van der Waals surface area contributed by atoms with Crippen LogP contribution in [0.5, 0.6) is 0 Å². The molecule has 0 saturated carbocycles. The molecule has 130 valence electrons. The van der Waals surface area contributed by atoms with Gasteiger partial charge in [0.15, 0.2) is 0 Å². The average molecular weight is 331 g/mol. The van der Waals surface area contributed by atoms with E-state index in [1.54, 1.807) is 12.1 Å². The Morgan fingerprint density at radius 3 is 2.33 bits per heavy atom. The number of hydrogen-bond acceptors (Lipinski definition) is 4. The Morgan fingerprint density at radius 2 is 1.83 bits per heavy atom. The van der Waals surface area contributed by atoms with Crippen LogP contribution in [0, 0.1) is 0 Å². The topological polar surface area (TPSA) is 75.9 Å². The van der Waals surface area contributed by atoms with Crippen molar-refractivity contribution in [2.45, 2.75) is 51.4 Å². The highest BCUT2D eigenvalue weighted by Gasteiger charge is 2.46. The largest absolute Gasteiger partial charge is 0.444 e. The Balaban J connectivity index is 1.57. The summed E-state index contributed by atoms with van der Waals surface area (Å²) in [5.41, 5.74) is 6.48. The fourth-order valence-electron chi connectivity index (χ4n) is 3.50. The first-order chi connectivity index (χ1) is 11.2. The van der Waals surface area contributed by atoms with Gasteiger partial charge in [-0.1, -0.05) is 12.1 Å². The standard InChI is InChI=1S/C18H25N3O3/c1-18(2,3)24-17(23)21-11-14-8-15(21)10-20(14)9-12-4-6-13(7-5-12)16(19)22/h4-7,14-15H,8-11H2,1-3H3,(H2,19,22)/t14-,15-/m0/s1. The highest BCUT2D eigenvalue weighted by molar-refractivity contribution is 5.92. The molecule has 2 fully saturated rings. The van der Waals surface area contributed by atoms with Crippen LogP contribution in [0.2, 0.25) is 0 Å². The molecule has 2 bridgehead atoms. The number of benzene rings is 1. The predicted molar refractivity (Wildman–Crippen MR) is 90.5 cm³/mol. The van der Waals surface area contributed by atoms with Crippen LogP contribution in [0.1, 0.15) is 43.1 Å². The van der Waals surface area contributed by atoms with Crippen molar-refractivity contribution in [3.05, 3.63) is 35.4 Å². The molecule has 1 aromatic carbocycles. The zero-order chi connectivity index (χ0) is 17.5. The second-order valence-corrected chi connectivity index (χ2v) is 7.67. The van der Waals surface area contributed by atoms with Gasteiger partial charge in [0, 0.05) is 37.3 Å². The van der Waals surface area contributed by atoms with Crippen molar-refractivity contribution in [2.24, 2.45) is 5.73 Å². The maximum absolute atomic E-state index is 12.3. The third-order valence-electron chi connectivity index (χ3n) is 4.61. The molecule has 2 saturated heterocycles. The van der Waals surface area contributed by atoms with E-state index in [1.165, 1.54) is 0 Å². The average Bonchev–Trinajstić information content (AvgIpc) is 3.06. The normalized spacial score (nSPS) is 23.5. The molecule has 2 aliphatic heterocycles. The summed E-state index contributed by atoms with van der Waals surface area (Å²) >= 11 is 0. The zero-order valence-corrected chi connectivity index (χ0v) is 14.5. The smallest absolute Gasteiger partial charge is 0.410 e. The summed E-state index contributed by atoms with van der Waals surface area (Å²) in [4.78, 5) is 27.6. The van der Waals surface area contributed by atoms with Crippen LogP contribution < -0.4 is 5.73 Å². The van der Waals surface area contributed by atoms with Gasteiger partial charge in [0.05, 0.1) is 0 Å². The molecule has 0 aromatic heterocycles. The highest BCUT2D eigenvalue weighted by Crippen LogP contribution is 2.32. The first-order valence-electron chi connectivity index (χ1n) is 8.35. The van der Waals surface area contributed by atoms with Gasteiger partial charge in [-0.25, -0.2) is 4.79 Å². The van der Waals surface area contributed by atoms with E-state index in [-0.39, 0.29) is 12.1 Å². The number of nitrogens with two attached hydrogens (primary N) is 1. The number of likely N-dealkylation sites (tertiary alicyclic amines) is 2. The van der Waals surface area contributed by atoms with E-state index in [0.717, 1.165) is 31.6 Å². The van der Waals surface area contributed by atoms with Crippen LogP contribution in [0.3, 0.4) is 0 Å². The molecule has 2 N–H and O–H groups in total. The first-order valence-corrected chi connectivity index (χ1v) is 8.35. The number of rotatable bonds is 3. The van der Waals surface area contributed by atoms with E-state index in [9.17, 15) is 9.59 Å². The maximum Gasteiger partial charge on any atom is 0.410 e. The molecule has 0 aliphatic carbocycles. The van der Waals surface area contributed by atoms with Crippen LogP contribution in [-0.2, 0) is 11.3 Å². The summed E-state index contributed by atoms with van der Waals surface area (Å²) in [6.07, 6.45) is 0.791. The van der Waals surface area contributed by atoms with E-state index in [2.05, 4.69) is 4.90 Å². The predicted octanol–water partition coefficient (Wildman–Crippen LogP) is 1.98. The number of hydrogen-bond donors (Lipinski definition) is 1. The van der Waals surface area contributed by atoms with Gasteiger partial charge in [-0.2, -0.15) is 0 Å². The quantitative estimate of drug-likeness (QED) is 0.919. The minimum atomic E-state index is -0.458. The van der Waals surface area contributed by atoms with Gasteiger partial charge in [-0.3, -0.25) is 9.69 Å². The van der Waals surface area contributed by atoms with Crippen molar-refractivity contribution in [1.29, 1.82) is 0 Å². The summed E-state index contributed by atoms with van der Waals surface area (Å²) in [7, 11) is 0. The van der Waals surface area contributed by atoms with Crippen LogP contribution >= 0.6 is 0 Å². The van der Waals surface area contributed by atoms with Crippen molar-refractivity contribution in [1.82, 2.24) is 9.80 Å². The monoisotopic (exact) mass is 331 g/mol. The molecule has 24 heavy (non-hydrogen) atoms. The Morgan fingerprint density at radius 1 is 1.17 bits per heavy atom. The van der Waals surface area contributed by atoms with Gasteiger partial charge in [0.1, 0.15) is 5.60 Å². The molecular weight excluding hydrogens is 306 g/mol. The number of carbonyl (C=O) groups is 2. The van der Waals surface area contributed by atoms with Gasteiger partial charge < -0.3 is 15.4 Å². The van der Waals surface area contributed by atoms with E-state index in [4.69, 9.17) is 10.5 Å². The third kappa shape index (κ3) is 3.53. The number of primary amides is 1.